The molecule has 1 fully saturated rings. The molecule has 1 aliphatic carbocycles. The largest absolute Gasteiger partial charge is 0.448 e. The van der Waals surface area contributed by atoms with Crippen molar-refractivity contribution >= 4 is 16.9 Å². The predicted octanol–water partition coefficient (Wildman–Crippen LogP) is 2.77. The highest BCUT2D eigenvalue weighted by molar-refractivity contribution is 5.99. The van der Waals surface area contributed by atoms with E-state index in [2.05, 4.69) is 5.32 Å². The van der Waals surface area contributed by atoms with Crippen molar-refractivity contribution in [3.8, 4) is 0 Å². The van der Waals surface area contributed by atoms with Crippen LogP contribution < -0.4 is 5.32 Å². The highest BCUT2D eigenvalue weighted by Crippen LogP contribution is 2.28. The summed E-state index contributed by atoms with van der Waals surface area (Å²) in [5, 5.41) is 3.49. The Hall–Kier alpha value is -1.84. The van der Waals surface area contributed by atoms with Crippen molar-refractivity contribution in [1.29, 1.82) is 0 Å². The normalized spacial score (nSPS) is 15.2. The van der Waals surface area contributed by atoms with Crippen molar-refractivity contribution < 1.29 is 13.6 Å². The monoisotopic (exact) mass is 233 g/mol. The lowest BCUT2D eigenvalue weighted by atomic mass is 10.1. The minimum atomic E-state index is -0.434. The fourth-order valence-corrected chi connectivity index (χ4v) is 1.90. The lowest BCUT2D eigenvalue weighted by Gasteiger charge is -1.99. The Morgan fingerprint density at radius 1 is 1.47 bits per heavy atom. The molecular weight excluding hydrogens is 221 g/mol. The van der Waals surface area contributed by atoms with E-state index in [0.717, 1.165) is 12.8 Å². The van der Waals surface area contributed by atoms with E-state index in [4.69, 9.17) is 4.42 Å². The fraction of sp³-hybridized carbons (Fsp3) is 0.308. The summed E-state index contributed by atoms with van der Waals surface area (Å²) in [6.07, 6.45) is 2.03. The van der Waals surface area contributed by atoms with Crippen LogP contribution in [-0.2, 0) is 0 Å². The van der Waals surface area contributed by atoms with Crippen LogP contribution in [0, 0.1) is 12.7 Å². The molecule has 1 amide bonds. The molecule has 3 nitrogen and oxygen atoms in total. The first kappa shape index (κ1) is 10.3. The van der Waals surface area contributed by atoms with Crippen molar-refractivity contribution in [3.63, 3.8) is 0 Å². The van der Waals surface area contributed by atoms with Gasteiger partial charge in [0.1, 0.15) is 0 Å². The summed E-state index contributed by atoms with van der Waals surface area (Å²) in [7, 11) is 0. The number of para-hydroxylation sites is 1. The van der Waals surface area contributed by atoms with Gasteiger partial charge in [0.25, 0.3) is 5.91 Å². The molecule has 1 heterocycles. The van der Waals surface area contributed by atoms with Gasteiger partial charge < -0.3 is 9.73 Å². The number of halogens is 1. The highest BCUT2D eigenvalue weighted by Gasteiger charge is 2.27. The lowest BCUT2D eigenvalue weighted by Crippen LogP contribution is -2.25. The van der Waals surface area contributed by atoms with Gasteiger partial charge in [-0.05, 0) is 25.8 Å². The number of rotatable bonds is 2. The van der Waals surface area contributed by atoms with Gasteiger partial charge in [-0.2, -0.15) is 0 Å². The SMILES string of the molecule is Cc1c(C(=O)NC2CC2)oc2c(F)cccc12. The molecule has 0 unspecified atom stereocenters. The second kappa shape index (κ2) is 3.58. The van der Waals surface area contributed by atoms with Gasteiger partial charge in [-0.3, -0.25) is 4.79 Å². The lowest BCUT2D eigenvalue weighted by molar-refractivity contribution is 0.0924. The van der Waals surface area contributed by atoms with Gasteiger partial charge in [-0.15, -0.1) is 0 Å². The molecule has 0 saturated heterocycles. The summed E-state index contributed by atoms with van der Waals surface area (Å²) in [4.78, 5) is 11.9. The first-order valence-corrected chi connectivity index (χ1v) is 5.65. The average molecular weight is 233 g/mol. The smallest absolute Gasteiger partial charge is 0.287 e. The van der Waals surface area contributed by atoms with Gasteiger partial charge in [0, 0.05) is 17.0 Å². The summed E-state index contributed by atoms with van der Waals surface area (Å²) in [5.74, 6) is -0.464. The van der Waals surface area contributed by atoms with Crippen LogP contribution in [0.3, 0.4) is 0 Å². The second-order valence-electron chi connectivity index (χ2n) is 4.42. The molecule has 0 bridgehead atoms. The summed E-state index contributed by atoms with van der Waals surface area (Å²) >= 11 is 0. The van der Waals surface area contributed by atoms with E-state index in [1.807, 2.05) is 0 Å². The van der Waals surface area contributed by atoms with Crippen LogP contribution in [0.2, 0.25) is 0 Å². The Kier molecular flexibility index (Phi) is 2.18. The number of furan rings is 1. The quantitative estimate of drug-likeness (QED) is 0.866. The van der Waals surface area contributed by atoms with Crippen LogP contribution in [0.25, 0.3) is 11.0 Å². The first-order valence-electron chi connectivity index (χ1n) is 5.65. The third kappa shape index (κ3) is 1.69. The highest BCUT2D eigenvalue weighted by atomic mass is 19.1. The minimum absolute atomic E-state index is 0.158. The summed E-state index contributed by atoms with van der Waals surface area (Å²) in [6.45, 7) is 1.77. The third-order valence-corrected chi connectivity index (χ3v) is 3.03. The Balaban J connectivity index is 2.07. The second-order valence-corrected chi connectivity index (χ2v) is 4.42. The molecule has 1 aromatic heterocycles. The van der Waals surface area contributed by atoms with Crippen LogP contribution in [0.4, 0.5) is 4.39 Å². The van der Waals surface area contributed by atoms with Crippen molar-refractivity contribution in [2.75, 3.05) is 0 Å². The maximum Gasteiger partial charge on any atom is 0.287 e. The number of benzene rings is 1. The van der Waals surface area contributed by atoms with Crippen molar-refractivity contribution in [1.82, 2.24) is 5.32 Å². The van der Waals surface area contributed by atoms with E-state index >= 15 is 0 Å². The molecule has 4 heteroatoms. The average Bonchev–Trinajstić information content (AvgIpc) is 3.04. The van der Waals surface area contributed by atoms with Gasteiger partial charge >= 0.3 is 0 Å². The first-order chi connectivity index (χ1) is 8.16. The predicted molar refractivity (Wildman–Crippen MR) is 61.4 cm³/mol. The van der Waals surface area contributed by atoms with E-state index in [9.17, 15) is 9.18 Å². The molecule has 0 radical (unpaired) electrons. The zero-order valence-corrected chi connectivity index (χ0v) is 9.42. The molecule has 0 atom stereocenters. The number of nitrogens with one attached hydrogen (secondary N) is 1. The summed E-state index contributed by atoms with van der Waals surface area (Å²) < 4.78 is 18.8. The Bertz CT molecular complexity index is 599. The Morgan fingerprint density at radius 3 is 2.88 bits per heavy atom. The van der Waals surface area contributed by atoms with Crippen molar-refractivity contribution in [2.24, 2.45) is 0 Å². The van der Waals surface area contributed by atoms with E-state index in [0.29, 0.717) is 10.9 Å². The minimum Gasteiger partial charge on any atom is -0.448 e. The molecule has 0 aliphatic heterocycles. The Morgan fingerprint density at radius 2 is 2.24 bits per heavy atom. The molecule has 3 rings (SSSR count). The van der Waals surface area contributed by atoms with Crippen LogP contribution in [0.5, 0.6) is 0 Å². The van der Waals surface area contributed by atoms with Crippen LogP contribution >= 0.6 is 0 Å². The molecule has 1 N–H and O–H groups in total. The standard InChI is InChI=1S/C13H12FNO2/c1-7-9-3-2-4-10(14)12(9)17-11(7)13(16)15-8-5-6-8/h2-4,8H,5-6H2,1H3,(H,15,16). The maximum absolute atomic E-state index is 13.5. The number of hydrogen-bond acceptors (Lipinski definition) is 2. The molecule has 1 saturated carbocycles. The topological polar surface area (TPSA) is 42.2 Å². The van der Waals surface area contributed by atoms with Crippen LogP contribution in [0.1, 0.15) is 29.0 Å². The number of aryl methyl sites for hydroxylation is 1. The zero-order valence-electron chi connectivity index (χ0n) is 9.42. The molecule has 1 aliphatic rings. The van der Waals surface area contributed by atoms with Gasteiger partial charge in [0.05, 0.1) is 0 Å². The number of hydrogen-bond donors (Lipinski definition) is 1. The molecular formula is C13H12FNO2. The van der Waals surface area contributed by atoms with Crippen molar-refractivity contribution in [2.45, 2.75) is 25.8 Å². The van der Waals surface area contributed by atoms with E-state index in [-0.39, 0.29) is 23.3 Å². The number of fused-ring (bicyclic) bond motifs is 1. The van der Waals surface area contributed by atoms with Gasteiger partial charge in [-0.1, -0.05) is 12.1 Å². The van der Waals surface area contributed by atoms with Gasteiger partial charge in [0.2, 0.25) is 0 Å². The molecule has 17 heavy (non-hydrogen) atoms. The number of carbonyl (C=O) groups is 1. The van der Waals surface area contributed by atoms with Gasteiger partial charge in [0.15, 0.2) is 17.2 Å². The molecule has 2 aromatic rings. The fourth-order valence-electron chi connectivity index (χ4n) is 1.90. The van der Waals surface area contributed by atoms with E-state index in [1.54, 1.807) is 19.1 Å². The number of amides is 1. The van der Waals surface area contributed by atoms with Crippen LogP contribution in [-0.4, -0.2) is 11.9 Å². The van der Waals surface area contributed by atoms with E-state index < -0.39 is 5.82 Å². The summed E-state index contributed by atoms with van der Waals surface area (Å²) in [6, 6.07) is 4.96. The van der Waals surface area contributed by atoms with Crippen molar-refractivity contribution in [3.05, 3.63) is 35.3 Å². The molecule has 0 spiro atoms. The maximum atomic E-state index is 13.5. The molecule has 1 aromatic carbocycles. The van der Waals surface area contributed by atoms with Gasteiger partial charge in [-0.25, -0.2) is 4.39 Å². The molecule has 88 valence electrons. The number of carbonyl (C=O) groups excluding carboxylic acids is 1. The van der Waals surface area contributed by atoms with E-state index in [1.165, 1.54) is 6.07 Å². The van der Waals surface area contributed by atoms with Crippen LogP contribution in [0.15, 0.2) is 22.6 Å². The Labute approximate surface area is 97.6 Å². The third-order valence-electron chi connectivity index (χ3n) is 3.03. The summed E-state index contributed by atoms with van der Waals surface area (Å²) in [5.41, 5.74) is 0.851. The zero-order chi connectivity index (χ0) is 12.0.